The summed E-state index contributed by atoms with van der Waals surface area (Å²) in [6.45, 7) is 3.91. The Morgan fingerprint density at radius 3 is 2.76 bits per heavy atom. The van der Waals surface area contributed by atoms with Crippen LogP contribution in [0.3, 0.4) is 0 Å². The van der Waals surface area contributed by atoms with Gasteiger partial charge in [-0.1, -0.05) is 25.1 Å². The van der Waals surface area contributed by atoms with Crippen LogP contribution >= 0.6 is 11.8 Å². The molecular formula is C16H16N2O2S. The maximum Gasteiger partial charge on any atom is 0.278 e. The maximum atomic E-state index is 11.1. The third-order valence-corrected chi connectivity index (χ3v) is 3.84. The third-order valence-electron chi connectivity index (χ3n) is 2.89. The quantitative estimate of drug-likeness (QED) is 0.346. The van der Waals surface area contributed by atoms with E-state index in [1.165, 1.54) is 0 Å². The minimum Gasteiger partial charge on any atom is -0.258 e. The molecule has 0 fully saturated rings. The first kappa shape index (κ1) is 15.3. The molecule has 5 heteroatoms. The van der Waals surface area contributed by atoms with Gasteiger partial charge in [0.2, 0.25) is 0 Å². The zero-order valence-corrected chi connectivity index (χ0v) is 12.8. The first-order valence-electron chi connectivity index (χ1n) is 6.62. The molecule has 0 saturated carbocycles. The second kappa shape index (κ2) is 7.04. The Hall–Kier alpha value is -2.14. The second-order valence-corrected chi connectivity index (χ2v) is 5.78. The maximum absolute atomic E-state index is 11.1. The summed E-state index contributed by atoms with van der Waals surface area (Å²) in [7, 11) is 0. The number of aliphatic imine (C=N–C) groups is 1. The number of benzene rings is 2. The van der Waals surface area contributed by atoms with Gasteiger partial charge in [-0.25, -0.2) is 0 Å². The van der Waals surface area contributed by atoms with Crippen molar-refractivity contribution in [3.63, 3.8) is 0 Å². The van der Waals surface area contributed by atoms with E-state index in [2.05, 4.69) is 11.9 Å². The highest BCUT2D eigenvalue weighted by molar-refractivity contribution is 7.99. The Balaban J connectivity index is 2.36. The van der Waals surface area contributed by atoms with Crippen molar-refractivity contribution in [2.24, 2.45) is 4.99 Å². The number of aryl methyl sites for hydroxylation is 1. The van der Waals surface area contributed by atoms with Crippen molar-refractivity contribution in [1.29, 1.82) is 0 Å². The fraction of sp³-hybridized carbons (Fsp3) is 0.188. The lowest BCUT2D eigenvalue weighted by Crippen LogP contribution is -1.95. The lowest BCUT2D eigenvalue weighted by Gasteiger charge is -2.03. The van der Waals surface area contributed by atoms with Gasteiger partial charge in [0.15, 0.2) is 0 Å². The van der Waals surface area contributed by atoms with E-state index in [-0.39, 0.29) is 10.6 Å². The average molecular weight is 300 g/mol. The molecule has 0 spiro atoms. The van der Waals surface area contributed by atoms with Crippen molar-refractivity contribution in [2.75, 3.05) is 5.75 Å². The minimum absolute atomic E-state index is 0.0828. The summed E-state index contributed by atoms with van der Waals surface area (Å²) in [4.78, 5) is 16.2. The molecular weight excluding hydrogens is 284 g/mol. The van der Waals surface area contributed by atoms with Gasteiger partial charge in [0, 0.05) is 17.2 Å². The number of nitrogens with zero attached hydrogens (tertiary/aromatic N) is 2. The summed E-state index contributed by atoms with van der Waals surface area (Å²) < 4.78 is 0. The Morgan fingerprint density at radius 1 is 1.29 bits per heavy atom. The highest BCUT2D eigenvalue weighted by Gasteiger charge is 2.11. The topological polar surface area (TPSA) is 55.5 Å². The molecule has 0 N–H and O–H groups in total. The molecule has 108 valence electrons. The van der Waals surface area contributed by atoms with Crippen LogP contribution in [0.2, 0.25) is 0 Å². The SMILES string of the molecule is CCSc1ccccc1N=Cc1ccc(C)cc1[N+](=O)[O-]. The fourth-order valence-electron chi connectivity index (χ4n) is 1.90. The van der Waals surface area contributed by atoms with Gasteiger partial charge in [-0.05, 0) is 36.4 Å². The fourth-order valence-corrected chi connectivity index (χ4v) is 2.66. The Morgan fingerprint density at radius 2 is 2.05 bits per heavy atom. The monoisotopic (exact) mass is 300 g/mol. The molecule has 21 heavy (non-hydrogen) atoms. The van der Waals surface area contributed by atoms with Crippen LogP contribution in [0.25, 0.3) is 0 Å². The van der Waals surface area contributed by atoms with Gasteiger partial charge in [-0.2, -0.15) is 0 Å². The second-order valence-electron chi connectivity index (χ2n) is 4.48. The highest BCUT2D eigenvalue weighted by Crippen LogP contribution is 2.29. The molecule has 0 atom stereocenters. The zero-order chi connectivity index (χ0) is 15.2. The molecule has 0 aromatic heterocycles. The first-order valence-corrected chi connectivity index (χ1v) is 7.61. The van der Waals surface area contributed by atoms with Crippen LogP contribution in [0.1, 0.15) is 18.1 Å². The summed E-state index contributed by atoms with van der Waals surface area (Å²) in [5.41, 5.74) is 2.29. The number of nitro groups is 1. The Kier molecular flexibility index (Phi) is 5.11. The zero-order valence-electron chi connectivity index (χ0n) is 11.9. The van der Waals surface area contributed by atoms with Gasteiger partial charge in [0.05, 0.1) is 16.2 Å². The van der Waals surface area contributed by atoms with E-state index in [0.717, 1.165) is 21.9 Å². The van der Waals surface area contributed by atoms with Crippen LogP contribution in [0.15, 0.2) is 52.4 Å². The van der Waals surface area contributed by atoms with Gasteiger partial charge >= 0.3 is 0 Å². The van der Waals surface area contributed by atoms with Crippen molar-refractivity contribution in [3.8, 4) is 0 Å². The Labute approximate surface area is 128 Å². The molecule has 2 aromatic rings. The smallest absolute Gasteiger partial charge is 0.258 e. The molecule has 2 rings (SSSR count). The van der Waals surface area contributed by atoms with Crippen molar-refractivity contribution in [3.05, 3.63) is 63.7 Å². The molecule has 0 radical (unpaired) electrons. The van der Waals surface area contributed by atoms with E-state index < -0.39 is 0 Å². The lowest BCUT2D eigenvalue weighted by molar-refractivity contribution is -0.385. The summed E-state index contributed by atoms with van der Waals surface area (Å²) in [6, 6.07) is 12.9. The average Bonchev–Trinajstić information content (AvgIpc) is 2.47. The molecule has 4 nitrogen and oxygen atoms in total. The number of rotatable bonds is 5. The van der Waals surface area contributed by atoms with E-state index >= 15 is 0 Å². The summed E-state index contributed by atoms with van der Waals surface area (Å²) in [5, 5.41) is 11.1. The van der Waals surface area contributed by atoms with Gasteiger partial charge in [0.25, 0.3) is 5.69 Å². The Bertz CT molecular complexity index is 684. The van der Waals surface area contributed by atoms with E-state index in [9.17, 15) is 10.1 Å². The molecule has 0 bridgehead atoms. The third kappa shape index (κ3) is 3.92. The lowest BCUT2D eigenvalue weighted by atomic mass is 10.1. The van der Waals surface area contributed by atoms with Crippen molar-refractivity contribution in [2.45, 2.75) is 18.7 Å². The molecule has 0 aliphatic carbocycles. The van der Waals surface area contributed by atoms with Crippen LogP contribution in [0.5, 0.6) is 0 Å². The molecule has 2 aromatic carbocycles. The molecule has 0 saturated heterocycles. The number of hydrogen-bond donors (Lipinski definition) is 0. The van der Waals surface area contributed by atoms with Crippen LogP contribution in [-0.4, -0.2) is 16.9 Å². The van der Waals surface area contributed by atoms with Crippen LogP contribution in [0, 0.1) is 17.0 Å². The van der Waals surface area contributed by atoms with Gasteiger partial charge in [-0.15, -0.1) is 11.8 Å². The summed E-state index contributed by atoms with van der Waals surface area (Å²) >= 11 is 1.70. The predicted octanol–water partition coefficient (Wildman–Crippen LogP) is 4.77. The highest BCUT2D eigenvalue weighted by atomic mass is 32.2. The van der Waals surface area contributed by atoms with Crippen molar-refractivity contribution >= 4 is 29.4 Å². The first-order chi connectivity index (χ1) is 10.1. The van der Waals surface area contributed by atoms with E-state index in [1.807, 2.05) is 37.3 Å². The molecule has 0 amide bonds. The predicted molar refractivity (Wildman–Crippen MR) is 87.9 cm³/mol. The number of para-hydroxylation sites is 1. The number of nitro benzene ring substituents is 1. The largest absolute Gasteiger partial charge is 0.278 e. The summed E-state index contributed by atoms with van der Waals surface area (Å²) in [6.07, 6.45) is 1.56. The van der Waals surface area contributed by atoms with Crippen LogP contribution < -0.4 is 0 Å². The van der Waals surface area contributed by atoms with E-state index in [1.54, 1.807) is 30.1 Å². The van der Waals surface area contributed by atoms with E-state index in [0.29, 0.717) is 5.56 Å². The van der Waals surface area contributed by atoms with Crippen LogP contribution in [-0.2, 0) is 0 Å². The minimum atomic E-state index is -0.374. The standard InChI is InChI=1S/C16H16N2O2S/c1-3-21-16-7-5-4-6-14(16)17-11-13-9-8-12(2)10-15(13)18(19)20/h4-11H,3H2,1-2H3. The molecule has 0 aliphatic heterocycles. The van der Waals surface area contributed by atoms with Gasteiger partial charge in [0.1, 0.15) is 0 Å². The number of hydrogen-bond acceptors (Lipinski definition) is 4. The molecule has 0 unspecified atom stereocenters. The summed E-state index contributed by atoms with van der Waals surface area (Å²) in [5.74, 6) is 0.956. The van der Waals surface area contributed by atoms with Crippen LogP contribution in [0.4, 0.5) is 11.4 Å². The van der Waals surface area contributed by atoms with Crippen molar-refractivity contribution < 1.29 is 4.92 Å². The van der Waals surface area contributed by atoms with Crippen molar-refractivity contribution in [1.82, 2.24) is 0 Å². The van der Waals surface area contributed by atoms with Gasteiger partial charge < -0.3 is 0 Å². The van der Waals surface area contributed by atoms with E-state index in [4.69, 9.17) is 0 Å². The normalized spacial score (nSPS) is 11.0. The molecule has 0 heterocycles. The molecule has 0 aliphatic rings. The number of thioether (sulfide) groups is 1. The van der Waals surface area contributed by atoms with Gasteiger partial charge in [-0.3, -0.25) is 15.1 Å².